The van der Waals surface area contributed by atoms with Crippen LogP contribution in [0, 0.1) is 0 Å². The van der Waals surface area contributed by atoms with Crippen LogP contribution in [0.25, 0.3) is 0 Å². The fraction of sp³-hybridized carbons (Fsp3) is 0.231. The maximum atomic E-state index is 12.3. The first-order chi connectivity index (χ1) is 10.1. The van der Waals surface area contributed by atoms with Crippen LogP contribution in [0.1, 0.15) is 32.6 Å². The van der Waals surface area contributed by atoms with Crippen LogP contribution in [0.15, 0.2) is 22.7 Å². The number of imide groups is 1. The smallest absolute Gasteiger partial charge is 0.261 e. The Kier molecular flexibility index (Phi) is 3.73. The normalized spacial score (nSPS) is 13.7. The average molecular weight is 367 g/mol. The number of anilines is 1. The molecule has 1 aliphatic heterocycles. The van der Waals surface area contributed by atoms with Gasteiger partial charge >= 0.3 is 0 Å². The molecule has 0 spiro atoms. The van der Waals surface area contributed by atoms with E-state index in [0.29, 0.717) is 21.3 Å². The van der Waals surface area contributed by atoms with Crippen molar-refractivity contribution in [2.24, 2.45) is 0 Å². The Bertz CT molecular complexity index is 731. The van der Waals surface area contributed by atoms with Crippen LogP contribution in [0.5, 0.6) is 0 Å². The number of benzene rings is 1. The summed E-state index contributed by atoms with van der Waals surface area (Å²) in [5.41, 5.74) is 0.852. The predicted octanol–water partition coefficient (Wildman–Crippen LogP) is 2.53. The molecule has 0 radical (unpaired) electrons. The van der Waals surface area contributed by atoms with Crippen LogP contribution < -0.4 is 5.32 Å². The van der Waals surface area contributed by atoms with Gasteiger partial charge in [-0.3, -0.25) is 14.5 Å². The molecule has 3 rings (SSSR count). The lowest BCUT2D eigenvalue weighted by atomic mass is 10.1. The van der Waals surface area contributed by atoms with Gasteiger partial charge in [0, 0.05) is 11.0 Å². The molecule has 108 valence electrons. The molecule has 2 aromatic rings. The molecular formula is C13H11BrN4O2S. The van der Waals surface area contributed by atoms with Crippen LogP contribution >= 0.6 is 27.3 Å². The molecule has 8 heteroatoms. The zero-order valence-corrected chi connectivity index (χ0v) is 13.5. The average Bonchev–Trinajstić information content (AvgIpc) is 2.99. The summed E-state index contributed by atoms with van der Waals surface area (Å²) in [5.74, 6) is -0.584. The van der Waals surface area contributed by atoms with Crippen molar-refractivity contribution in [3.8, 4) is 0 Å². The summed E-state index contributed by atoms with van der Waals surface area (Å²) in [6.45, 7) is 2.85. The van der Waals surface area contributed by atoms with Gasteiger partial charge in [0.25, 0.3) is 11.8 Å². The minimum absolute atomic E-state index is 0.146. The van der Waals surface area contributed by atoms with E-state index in [1.165, 1.54) is 16.2 Å². The molecule has 1 N–H and O–H groups in total. The Hall–Kier alpha value is -1.80. The third-order valence-electron chi connectivity index (χ3n) is 3.02. The van der Waals surface area contributed by atoms with Crippen LogP contribution in [0.2, 0.25) is 0 Å². The van der Waals surface area contributed by atoms with E-state index in [9.17, 15) is 9.59 Å². The summed E-state index contributed by atoms with van der Waals surface area (Å²) in [7, 11) is 0. The minimum atomic E-state index is -0.295. The first kappa shape index (κ1) is 14.2. The number of halogens is 1. The van der Waals surface area contributed by atoms with Gasteiger partial charge in [0.1, 0.15) is 5.01 Å². The van der Waals surface area contributed by atoms with E-state index in [1.54, 1.807) is 18.2 Å². The minimum Gasteiger partial charge on any atom is -0.360 e. The Morgan fingerprint density at radius 1 is 1.24 bits per heavy atom. The quantitative estimate of drug-likeness (QED) is 0.841. The summed E-state index contributed by atoms with van der Waals surface area (Å²) in [6, 6.07) is 5.07. The van der Waals surface area contributed by atoms with E-state index >= 15 is 0 Å². The molecule has 1 aromatic carbocycles. The third-order valence-corrected chi connectivity index (χ3v) is 4.38. The highest BCUT2D eigenvalue weighted by Crippen LogP contribution is 2.28. The molecule has 0 aliphatic carbocycles. The van der Waals surface area contributed by atoms with E-state index in [4.69, 9.17) is 0 Å². The molecule has 1 aliphatic rings. The van der Waals surface area contributed by atoms with Crippen LogP contribution in [-0.4, -0.2) is 33.5 Å². The van der Waals surface area contributed by atoms with Crippen molar-refractivity contribution in [1.29, 1.82) is 0 Å². The topological polar surface area (TPSA) is 75.2 Å². The van der Waals surface area contributed by atoms with E-state index in [0.717, 1.165) is 11.0 Å². The third kappa shape index (κ3) is 2.56. The fourth-order valence-electron chi connectivity index (χ4n) is 2.08. The van der Waals surface area contributed by atoms with Crippen molar-refractivity contribution >= 4 is 44.2 Å². The van der Waals surface area contributed by atoms with Gasteiger partial charge in [-0.2, -0.15) is 0 Å². The molecule has 2 heterocycles. The van der Waals surface area contributed by atoms with E-state index in [1.807, 2.05) is 6.92 Å². The van der Waals surface area contributed by atoms with Crippen molar-refractivity contribution in [1.82, 2.24) is 15.1 Å². The van der Waals surface area contributed by atoms with Crippen molar-refractivity contribution in [2.45, 2.75) is 13.5 Å². The molecule has 0 saturated heterocycles. The summed E-state index contributed by atoms with van der Waals surface area (Å²) >= 11 is 4.65. The molecule has 0 fully saturated rings. The lowest BCUT2D eigenvalue weighted by molar-refractivity contribution is 0.0642. The number of amides is 2. The van der Waals surface area contributed by atoms with E-state index in [2.05, 4.69) is 31.4 Å². The summed E-state index contributed by atoms with van der Waals surface area (Å²) in [5, 5.41) is 12.3. The number of carbonyl (C=O) groups excluding carboxylic acids is 2. The number of nitrogens with zero attached hydrogens (tertiary/aromatic N) is 3. The van der Waals surface area contributed by atoms with Gasteiger partial charge in [-0.25, -0.2) is 0 Å². The Balaban J connectivity index is 1.84. The largest absolute Gasteiger partial charge is 0.360 e. The van der Waals surface area contributed by atoms with Gasteiger partial charge in [-0.1, -0.05) is 27.3 Å². The maximum absolute atomic E-state index is 12.3. The number of carbonyl (C=O) groups is 2. The lowest BCUT2D eigenvalue weighted by Crippen LogP contribution is -2.29. The van der Waals surface area contributed by atoms with E-state index in [-0.39, 0.29) is 18.4 Å². The Morgan fingerprint density at radius 2 is 2.00 bits per heavy atom. The number of nitrogens with one attached hydrogen (secondary N) is 1. The van der Waals surface area contributed by atoms with Gasteiger partial charge < -0.3 is 5.32 Å². The molecule has 0 bridgehead atoms. The second-order valence-electron chi connectivity index (χ2n) is 4.42. The second kappa shape index (κ2) is 5.53. The Morgan fingerprint density at radius 3 is 2.76 bits per heavy atom. The molecule has 0 saturated carbocycles. The number of hydrogen-bond acceptors (Lipinski definition) is 6. The highest BCUT2D eigenvalue weighted by Gasteiger charge is 2.36. The summed E-state index contributed by atoms with van der Waals surface area (Å²) in [6.07, 6.45) is 0. The fourth-order valence-corrected chi connectivity index (χ4v) is 3.24. The second-order valence-corrected chi connectivity index (χ2v) is 6.40. The van der Waals surface area contributed by atoms with Crippen LogP contribution in [-0.2, 0) is 6.54 Å². The monoisotopic (exact) mass is 366 g/mol. The summed E-state index contributed by atoms with van der Waals surface area (Å²) < 4.78 is 0.773. The molecule has 0 atom stereocenters. The number of aromatic nitrogens is 2. The van der Waals surface area contributed by atoms with Gasteiger partial charge in [-0.15, -0.1) is 10.2 Å². The van der Waals surface area contributed by atoms with Crippen LogP contribution in [0.3, 0.4) is 0 Å². The molecule has 21 heavy (non-hydrogen) atoms. The standard InChI is InChI=1S/C13H11BrN4O2S/c1-2-15-13-17-16-10(21-13)6-18-11(19)8-4-3-7(14)5-9(8)12(18)20/h3-5H,2,6H2,1H3,(H,15,17). The molecule has 0 unspecified atom stereocenters. The Labute approximate surface area is 133 Å². The van der Waals surface area contributed by atoms with Crippen molar-refractivity contribution < 1.29 is 9.59 Å². The first-order valence-electron chi connectivity index (χ1n) is 6.32. The summed E-state index contributed by atoms with van der Waals surface area (Å²) in [4.78, 5) is 25.8. The zero-order chi connectivity index (χ0) is 15.0. The highest BCUT2D eigenvalue weighted by molar-refractivity contribution is 9.10. The number of rotatable bonds is 4. The van der Waals surface area contributed by atoms with E-state index < -0.39 is 0 Å². The zero-order valence-electron chi connectivity index (χ0n) is 11.1. The first-order valence-corrected chi connectivity index (χ1v) is 7.93. The molecule has 2 amide bonds. The number of fused-ring (bicyclic) bond motifs is 1. The molecular weight excluding hydrogens is 356 g/mol. The maximum Gasteiger partial charge on any atom is 0.261 e. The van der Waals surface area contributed by atoms with Gasteiger partial charge in [-0.05, 0) is 25.1 Å². The van der Waals surface area contributed by atoms with Gasteiger partial charge in [0.15, 0.2) is 0 Å². The molecule has 1 aromatic heterocycles. The molecule has 6 nitrogen and oxygen atoms in total. The van der Waals surface area contributed by atoms with Gasteiger partial charge in [0.05, 0.1) is 17.7 Å². The van der Waals surface area contributed by atoms with Crippen molar-refractivity contribution in [3.05, 3.63) is 38.8 Å². The van der Waals surface area contributed by atoms with Crippen molar-refractivity contribution in [2.75, 3.05) is 11.9 Å². The van der Waals surface area contributed by atoms with Gasteiger partial charge in [0.2, 0.25) is 5.13 Å². The van der Waals surface area contributed by atoms with Crippen molar-refractivity contribution in [3.63, 3.8) is 0 Å². The SMILES string of the molecule is CCNc1nnc(CN2C(=O)c3ccc(Br)cc3C2=O)s1. The van der Waals surface area contributed by atoms with Crippen LogP contribution in [0.4, 0.5) is 5.13 Å². The predicted molar refractivity (Wildman–Crippen MR) is 82.4 cm³/mol. The highest BCUT2D eigenvalue weighted by atomic mass is 79.9. The lowest BCUT2D eigenvalue weighted by Gasteiger charge is -2.10. The number of hydrogen-bond donors (Lipinski definition) is 1.